The highest BCUT2D eigenvalue weighted by molar-refractivity contribution is 6.17. The van der Waals surface area contributed by atoms with Crippen molar-refractivity contribution in [3.05, 3.63) is 22.6 Å². The number of nitrogens with zero attached hydrogens (tertiary/aromatic N) is 4. The fourth-order valence-corrected chi connectivity index (χ4v) is 2.88. The number of hydrogen-bond acceptors (Lipinski definition) is 4. The minimum Gasteiger partial charge on any atom is -0.368 e. The number of halogens is 1. The Hall–Kier alpha value is -1.07. The van der Waals surface area contributed by atoms with Crippen molar-refractivity contribution in [1.82, 2.24) is 14.7 Å². The van der Waals surface area contributed by atoms with Gasteiger partial charge in [0.25, 0.3) is 5.56 Å². The molecule has 118 valence electrons. The monoisotopic (exact) mass is 312 g/mol. The molecule has 5 nitrogen and oxygen atoms in total. The second-order valence-corrected chi connectivity index (χ2v) is 6.31. The van der Waals surface area contributed by atoms with Crippen LogP contribution in [0.25, 0.3) is 0 Å². The smallest absolute Gasteiger partial charge is 0.268 e. The highest BCUT2D eigenvalue weighted by Gasteiger charge is 2.15. The van der Waals surface area contributed by atoms with Crippen LogP contribution >= 0.6 is 11.6 Å². The van der Waals surface area contributed by atoms with Crippen LogP contribution in [0.4, 0.5) is 5.69 Å². The van der Waals surface area contributed by atoms with Crippen molar-refractivity contribution in [2.24, 2.45) is 5.92 Å². The molecule has 0 radical (unpaired) electrons. The molecule has 1 aromatic heterocycles. The zero-order chi connectivity index (χ0) is 15.2. The van der Waals surface area contributed by atoms with E-state index in [0.717, 1.165) is 44.7 Å². The van der Waals surface area contributed by atoms with Crippen LogP contribution in [0.2, 0.25) is 0 Å². The number of aromatic nitrogens is 2. The number of hydrogen-bond donors (Lipinski definition) is 0. The van der Waals surface area contributed by atoms with Crippen molar-refractivity contribution in [3.63, 3.8) is 0 Å². The average Bonchev–Trinajstić information content (AvgIpc) is 2.47. The Bertz CT molecular complexity index is 497. The highest BCUT2D eigenvalue weighted by Crippen LogP contribution is 2.13. The Morgan fingerprint density at radius 3 is 2.62 bits per heavy atom. The van der Waals surface area contributed by atoms with E-state index in [0.29, 0.717) is 18.3 Å². The van der Waals surface area contributed by atoms with Crippen molar-refractivity contribution in [2.75, 3.05) is 44.0 Å². The van der Waals surface area contributed by atoms with Gasteiger partial charge in [-0.05, 0) is 25.8 Å². The van der Waals surface area contributed by atoms with Crippen LogP contribution in [0.15, 0.2) is 17.1 Å². The first-order valence-electron chi connectivity index (χ1n) is 7.67. The topological polar surface area (TPSA) is 41.4 Å². The molecule has 1 atom stereocenters. The van der Waals surface area contributed by atoms with Gasteiger partial charge in [-0.2, -0.15) is 5.10 Å². The molecule has 0 saturated carbocycles. The van der Waals surface area contributed by atoms with Gasteiger partial charge in [-0.15, -0.1) is 11.6 Å². The van der Waals surface area contributed by atoms with E-state index in [2.05, 4.69) is 28.9 Å². The molecule has 1 unspecified atom stereocenters. The molecular weight excluding hydrogens is 288 g/mol. The molecule has 6 heteroatoms. The summed E-state index contributed by atoms with van der Waals surface area (Å²) in [6.07, 6.45) is 3.74. The molecule has 0 spiro atoms. The van der Waals surface area contributed by atoms with E-state index in [-0.39, 0.29) is 5.56 Å². The van der Waals surface area contributed by atoms with Gasteiger partial charge in [-0.1, -0.05) is 6.92 Å². The second kappa shape index (κ2) is 7.80. The van der Waals surface area contributed by atoms with E-state index in [1.54, 1.807) is 10.7 Å². The largest absolute Gasteiger partial charge is 0.368 e. The Labute approximate surface area is 131 Å². The Balaban J connectivity index is 1.96. The van der Waals surface area contributed by atoms with Crippen LogP contribution in [-0.4, -0.2) is 53.8 Å². The van der Waals surface area contributed by atoms with Gasteiger partial charge in [0.05, 0.1) is 11.9 Å². The molecule has 0 bridgehead atoms. The molecule has 2 rings (SSSR count). The SMILES string of the molecule is CC(CCCl)CCn1ncc(N2CCN(C)CC2)cc1=O. The summed E-state index contributed by atoms with van der Waals surface area (Å²) in [5.74, 6) is 1.19. The van der Waals surface area contributed by atoms with E-state index < -0.39 is 0 Å². The zero-order valence-electron chi connectivity index (χ0n) is 13.0. The van der Waals surface area contributed by atoms with E-state index in [9.17, 15) is 4.79 Å². The summed E-state index contributed by atoms with van der Waals surface area (Å²) in [5.41, 5.74) is 0.933. The summed E-state index contributed by atoms with van der Waals surface area (Å²) in [6, 6.07) is 1.71. The third kappa shape index (κ3) is 4.71. The molecule has 21 heavy (non-hydrogen) atoms. The fraction of sp³-hybridized carbons (Fsp3) is 0.733. The molecule has 0 amide bonds. The van der Waals surface area contributed by atoms with Crippen LogP contribution in [0.5, 0.6) is 0 Å². The number of anilines is 1. The molecule has 0 N–H and O–H groups in total. The van der Waals surface area contributed by atoms with E-state index in [1.807, 2.05) is 6.20 Å². The summed E-state index contributed by atoms with van der Waals surface area (Å²) in [7, 11) is 2.12. The normalized spacial score (nSPS) is 18.0. The number of aryl methyl sites for hydroxylation is 1. The first kappa shape index (κ1) is 16.3. The third-order valence-corrected chi connectivity index (χ3v) is 4.38. The van der Waals surface area contributed by atoms with Gasteiger partial charge < -0.3 is 9.80 Å². The van der Waals surface area contributed by atoms with Crippen LogP contribution in [0.3, 0.4) is 0 Å². The number of alkyl halides is 1. The number of rotatable bonds is 6. The van der Waals surface area contributed by atoms with Crippen LogP contribution < -0.4 is 10.5 Å². The van der Waals surface area contributed by atoms with Gasteiger partial charge >= 0.3 is 0 Å². The lowest BCUT2D eigenvalue weighted by atomic mass is 10.1. The van der Waals surface area contributed by atoms with Gasteiger partial charge in [0, 0.05) is 44.7 Å². The molecule has 1 aliphatic heterocycles. The lowest BCUT2D eigenvalue weighted by molar-refractivity contribution is 0.312. The van der Waals surface area contributed by atoms with E-state index in [1.165, 1.54) is 0 Å². The Morgan fingerprint density at radius 1 is 1.29 bits per heavy atom. The van der Waals surface area contributed by atoms with Crippen molar-refractivity contribution in [1.29, 1.82) is 0 Å². The first-order valence-corrected chi connectivity index (χ1v) is 8.20. The van der Waals surface area contributed by atoms with Gasteiger partial charge in [0.1, 0.15) is 0 Å². The summed E-state index contributed by atoms with van der Waals surface area (Å²) < 4.78 is 1.56. The predicted octanol–water partition coefficient (Wildman–Crippen LogP) is 1.65. The number of piperazine rings is 1. The number of likely N-dealkylation sites (N-methyl/N-ethyl adjacent to an activating group) is 1. The van der Waals surface area contributed by atoms with Crippen molar-refractivity contribution >= 4 is 17.3 Å². The molecule has 0 aliphatic carbocycles. The van der Waals surface area contributed by atoms with Gasteiger partial charge in [-0.3, -0.25) is 4.79 Å². The minimum atomic E-state index is -0.00972. The van der Waals surface area contributed by atoms with Gasteiger partial charge in [0.15, 0.2) is 0 Å². The Morgan fingerprint density at radius 2 is 2.00 bits per heavy atom. The molecule has 1 aliphatic rings. The summed E-state index contributed by atoms with van der Waals surface area (Å²) in [6.45, 7) is 6.78. The standard InChI is InChI=1S/C15H25ClN4O/c1-13(3-5-16)4-6-20-15(21)11-14(12-17-20)19-9-7-18(2)8-10-19/h11-13H,3-10H2,1-2H3. The molecule has 1 saturated heterocycles. The zero-order valence-corrected chi connectivity index (χ0v) is 13.7. The van der Waals surface area contributed by atoms with Crippen molar-refractivity contribution < 1.29 is 0 Å². The maximum Gasteiger partial charge on any atom is 0.268 e. The van der Waals surface area contributed by atoms with Crippen molar-refractivity contribution in [2.45, 2.75) is 26.3 Å². The molecule has 1 aromatic rings. The maximum atomic E-state index is 12.2. The van der Waals surface area contributed by atoms with E-state index in [4.69, 9.17) is 11.6 Å². The van der Waals surface area contributed by atoms with Crippen LogP contribution in [-0.2, 0) is 6.54 Å². The molecular formula is C15H25ClN4O. The Kier molecular flexibility index (Phi) is 6.06. The first-order chi connectivity index (χ1) is 10.1. The quantitative estimate of drug-likeness (QED) is 0.749. The van der Waals surface area contributed by atoms with Crippen LogP contribution in [0, 0.1) is 5.92 Å². The lowest BCUT2D eigenvalue weighted by Crippen LogP contribution is -2.45. The lowest BCUT2D eigenvalue weighted by Gasteiger charge is -2.33. The minimum absolute atomic E-state index is 0.00972. The second-order valence-electron chi connectivity index (χ2n) is 5.94. The van der Waals surface area contributed by atoms with Crippen LogP contribution in [0.1, 0.15) is 19.8 Å². The third-order valence-electron chi connectivity index (χ3n) is 4.16. The van der Waals surface area contributed by atoms with Gasteiger partial charge in [-0.25, -0.2) is 4.68 Å². The molecule has 0 aromatic carbocycles. The van der Waals surface area contributed by atoms with Gasteiger partial charge in [0.2, 0.25) is 0 Å². The fourth-order valence-electron chi connectivity index (χ4n) is 2.50. The maximum absolute atomic E-state index is 12.2. The summed E-state index contributed by atoms with van der Waals surface area (Å²) in [5, 5.41) is 4.32. The predicted molar refractivity (Wildman–Crippen MR) is 87.3 cm³/mol. The molecule has 2 heterocycles. The summed E-state index contributed by atoms with van der Waals surface area (Å²) >= 11 is 5.73. The van der Waals surface area contributed by atoms with Crippen molar-refractivity contribution in [3.8, 4) is 0 Å². The summed E-state index contributed by atoms with van der Waals surface area (Å²) in [4.78, 5) is 16.7. The molecule has 1 fully saturated rings. The average molecular weight is 313 g/mol. The van der Waals surface area contributed by atoms with E-state index >= 15 is 0 Å². The highest BCUT2D eigenvalue weighted by atomic mass is 35.5.